The summed E-state index contributed by atoms with van der Waals surface area (Å²) in [6.45, 7) is 15.2. The zero-order valence-corrected chi connectivity index (χ0v) is 18.3. The van der Waals surface area contributed by atoms with Crippen LogP contribution in [0.15, 0.2) is 12.2 Å². The van der Waals surface area contributed by atoms with Gasteiger partial charge < -0.3 is 18.1 Å². The molecule has 9 heteroatoms. The van der Waals surface area contributed by atoms with E-state index >= 15 is 0 Å². The fourth-order valence-electron chi connectivity index (χ4n) is 2.33. The number of hydrogen-bond acceptors (Lipinski definition) is 5. The van der Waals surface area contributed by atoms with Crippen molar-refractivity contribution in [1.29, 1.82) is 0 Å². The van der Waals surface area contributed by atoms with Crippen molar-refractivity contribution < 1.29 is 27.7 Å². The van der Waals surface area contributed by atoms with E-state index in [1.165, 1.54) is 0 Å². The Morgan fingerprint density at radius 3 is 2.00 bits per heavy atom. The normalized spacial score (nSPS) is 13.3. The van der Waals surface area contributed by atoms with Gasteiger partial charge in [-0.1, -0.05) is 0 Å². The number of carboxylic acids is 1. The van der Waals surface area contributed by atoms with Crippen LogP contribution in [-0.4, -0.2) is 48.8 Å². The minimum absolute atomic E-state index is 0.263. The predicted octanol–water partition coefficient (Wildman–Crippen LogP) is 3.34. The van der Waals surface area contributed by atoms with Crippen molar-refractivity contribution in [2.45, 2.75) is 58.3 Å². The smallest absolute Gasteiger partial charge is 0.331 e. The Hall–Kier alpha value is -0.749. The molecule has 23 heavy (non-hydrogen) atoms. The van der Waals surface area contributed by atoms with Crippen LogP contribution in [-0.2, 0) is 22.6 Å². The second-order valence-corrected chi connectivity index (χ2v) is 20.1. The van der Waals surface area contributed by atoms with Crippen molar-refractivity contribution in [2.75, 3.05) is 6.61 Å². The van der Waals surface area contributed by atoms with Gasteiger partial charge in [-0.25, -0.2) is 9.59 Å². The van der Waals surface area contributed by atoms with Crippen LogP contribution in [0.4, 0.5) is 0 Å². The van der Waals surface area contributed by atoms with Crippen molar-refractivity contribution in [2.24, 2.45) is 0 Å². The molecule has 0 amide bonds. The first kappa shape index (κ1) is 22.3. The molecule has 0 fully saturated rings. The number of ether oxygens (including phenoxy) is 1. The standard InChI is InChI=1S/C14H30O6Si3/c1-21(2,3)19-23(6,7)20-22(4,5)12-8-11-18-14(17)10-9-13(15)16/h9-10H,8,11-12H2,1-7H3,(H,15,16). The third kappa shape index (κ3) is 13.4. The van der Waals surface area contributed by atoms with Gasteiger partial charge in [0, 0.05) is 12.2 Å². The fraction of sp³-hybridized carbons (Fsp3) is 0.714. The van der Waals surface area contributed by atoms with Crippen molar-refractivity contribution in [3.05, 3.63) is 12.2 Å². The molecule has 0 aliphatic rings. The minimum atomic E-state index is -2.14. The Balaban J connectivity index is 4.23. The third-order valence-electron chi connectivity index (χ3n) is 2.60. The van der Waals surface area contributed by atoms with Crippen molar-refractivity contribution in [1.82, 2.24) is 0 Å². The van der Waals surface area contributed by atoms with Gasteiger partial charge in [-0.3, -0.25) is 0 Å². The molecule has 0 radical (unpaired) electrons. The minimum Gasteiger partial charge on any atom is -0.478 e. The topological polar surface area (TPSA) is 82.1 Å². The summed E-state index contributed by atoms with van der Waals surface area (Å²) in [6, 6.07) is 0.856. The largest absolute Gasteiger partial charge is 0.478 e. The van der Waals surface area contributed by atoms with E-state index in [1.54, 1.807) is 0 Å². The van der Waals surface area contributed by atoms with Gasteiger partial charge in [-0.05, 0) is 58.3 Å². The fourth-order valence-corrected chi connectivity index (χ4v) is 15.5. The molecular weight excluding hydrogens is 348 g/mol. The third-order valence-corrected chi connectivity index (χ3v) is 12.8. The van der Waals surface area contributed by atoms with E-state index < -0.39 is 37.1 Å². The molecule has 0 spiro atoms. The second-order valence-electron chi connectivity index (χ2n) is 7.42. The van der Waals surface area contributed by atoms with Crippen LogP contribution in [0.2, 0.25) is 51.9 Å². The second kappa shape index (κ2) is 8.92. The van der Waals surface area contributed by atoms with Crippen molar-refractivity contribution >= 4 is 37.1 Å². The molecule has 0 bridgehead atoms. The number of hydrogen-bond donors (Lipinski definition) is 1. The lowest BCUT2D eigenvalue weighted by Gasteiger charge is -2.37. The molecule has 6 nitrogen and oxygen atoms in total. The van der Waals surface area contributed by atoms with Gasteiger partial charge in [0.15, 0.2) is 16.6 Å². The SMILES string of the molecule is C[Si](C)(C)O[Si](C)(C)O[Si](C)(C)CCCOC(=O)C=CC(=O)O. The molecule has 0 aromatic heterocycles. The predicted molar refractivity (Wildman–Crippen MR) is 97.6 cm³/mol. The maximum atomic E-state index is 11.3. The molecule has 0 heterocycles. The average Bonchev–Trinajstić information content (AvgIpc) is 2.27. The summed E-state index contributed by atoms with van der Waals surface area (Å²) in [4.78, 5) is 21.5. The van der Waals surface area contributed by atoms with Gasteiger partial charge in [0.25, 0.3) is 0 Å². The molecule has 134 valence electrons. The lowest BCUT2D eigenvalue weighted by Crippen LogP contribution is -2.51. The monoisotopic (exact) mass is 378 g/mol. The maximum Gasteiger partial charge on any atom is 0.331 e. The summed E-state index contributed by atoms with van der Waals surface area (Å²) < 4.78 is 17.5. The first-order valence-electron chi connectivity index (χ1n) is 7.71. The van der Waals surface area contributed by atoms with Crippen LogP contribution < -0.4 is 0 Å². The Kier molecular flexibility index (Phi) is 8.63. The van der Waals surface area contributed by atoms with E-state index in [4.69, 9.17) is 18.1 Å². The summed E-state index contributed by atoms with van der Waals surface area (Å²) in [5, 5.41) is 8.42. The zero-order chi connectivity index (χ0) is 18.3. The lowest BCUT2D eigenvalue weighted by molar-refractivity contribution is -0.138. The highest BCUT2D eigenvalue weighted by Gasteiger charge is 2.37. The van der Waals surface area contributed by atoms with Gasteiger partial charge >= 0.3 is 20.5 Å². The molecule has 1 N–H and O–H groups in total. The van der Waals surface area contributed by atoms with E-state index in [2.05, 4.69) is 45.8 Å². The molecule has 0 aromatic carbocycles. The van der Waals surface area contributed by atoms with E-state index in [9.17, 15) is 9.59 Å². The Bertz CT molecular complexity index is 440. The summed E-state index contributed by atoms with van der Waals surface area (Å²) in [5.74, 6) is -1.80. The highest BCUT2D eigenvalue weighted by atomic mass is 28.5. The first-order chi connectivity index (χ1) is 10.2. The quantitative estimate of drug-likeness (QED) is 0.272. The summed E-state index contributed by atoms with van der Waals surface area (Å²) >= 11 is 0. The van der Waals surface area contributed by atoms with Gasteiger partial charge in [0.05, 0.1) is 6.61 Å². The Morgan fingerprint density at radius 1 is 0.957 bits per heavy atom. The van der Waals surface area contributed by atoms with Crippen LogP contribution in [0.5, 0.6) is 0 Å². The number of esters is 1. The molecule has 0 aromatic rings. The molecule has 0 saturated heterocycles. The lowest BCUT2D eigenvalue weighted by atomic mass is 10.5. The number of carboxylic acid groups (broad SMARTS) is 1. The van der Waals surface area contributed by atoms with Gasteiger partial charge in [0.1, 0.15) is 0 Å². The van der Waals surface area contributed by atoms with Crippen molar-refractivity contribution in [3.8, 4) is 0 Å². The van der Waals surface area contributed by atoms with Gasteiger partial charge in [-0.2, -0.15) is 0 Å². The number of carbonyl (C=O) groups excluding carboxylic acids is 1. The van der Waals surface area contributed by atoms with Crippen LogP contribution in [0.25, 0.3) is 0 Å². The highest BCUT2D eigenvalue weighted by molar-refractivity contribution is 6.87. The summed E-state index contributed by atoms with van der Waals surface area (Å²) in [7, 11) is -5.66. The average molecular weight is 379 g/mol. The van der Waals surface area contributed by atoms with Crippen LogP contribution >= 0.6 is 0 Å². The molecule has 0 saturated carbocycles. The molecule has 0 aliphatic heterocycles. The Morgan fingerprint density at radius 2 is 1.52 bits per heavy atom. The highest BCUT2D eigenvalue weighted by Crippen LogP contribution is 2.23. The maximum absolute atomic E-state index is 11.3. The van der Waals surface area contributed by atoms with Gasteiger partial charge in [0.2, 0.25) is 0 Å². The number of carbonyl (C=O) groups is 2. The van der Waals surface area contributed by atoms with E-state index in [0.717, 1.165) is 18.2 Å². The van der Waals surface area contributed by atoms with Crippen molar-refractivity contribution in [3.63, 3.8) is 0 Å². The van der Waals surface area contributed by atoms with Crippen LogP contribution in [0, 0.1) is 0 Å². The van der Waals surface area contributed by atoms with E-state index in [0.29, 0.717) is 6.42 Å². The van der Waals surface area contributed by atoms with E-state index in [1.807, 2.05) is 0 Å². The molecular formula is C14H30O6Si3. The first-order valence-corrected chi connectivity index (χ1v) is 17.0. The van der Waals surface area contributed by atoms with Crippen LogP contribution in [0.1, 0.15) is 6.42 Å². The van der Waals surface area contributed by atoms with Gasteiger partial charge in [-0.15, -0.1) is 0 Å². The molecule has 0 atom stereocenters. The molecule has 0 aliphatic carbocycles. The van der Waals surface area contributed by atoms with Crippen LogP contribution in [0.3, 0.4) is 0 Å². The summed E-state index contributed by atoms with van der Waals surface area (Å²) in [5.41, 5.74) is 0. The summed E-state index contributed by atoms with van der Waals surface area (Å²) in [6.07, 6.45) is 2.38. The molecule has 0 unspecified atom stereocenters. The number of aliphatic carboxylic acids is 1. The Labute approximate surface area is 142 Å². The van der Waals surface area contributed by atoms with E-state index in [-0.39, 0.29) is 6.61 Å². The molecule has 0 rings (SSSR count). The number of rotatable bonds is 10. The zero-order valence-electron chi connectivity index (χ0n) is 15.3.